The van der Waals surface area contributed by atoms with Gasteiger partial charge in [-0.25, -0.2) is 0 Å². The molecule has 0 amide bonds. The average Bonchev–Trinajstić information content (AvgIpc) is 2.99. The predicted molar refractivity (Wildman–Crippen MR) is 96.4 cm³/mol. The first-order valence-corrected chi connectivity index (χ1v) is 9.48. The third kappa shape index (κ3) is 1.54. The number of likely N-dealkylation sites (N-methyl/N-ethyl adjacent to an activating group) is 1. The number of quaternary nitrogens is 1. The minimum atomic E-state index is -0.543. The highest BCUT2D eigenvalue weighted by Crippen LogP contribution is 2.66. The molecule has 2 heterocycles. The predicted octanol–water partition coefficient (Wildman–Crippen LogP) is 2.10. The van der Waals surface area contributed by atoms with Crippen LogP contribution >= 0.6 is 0 Å². The number of aromatic hydroxyl groups is 1. The number of ketones is 1. The largest absolute Gasteiger partial charge is 0.504 e. The zero-order valence-electron chi connectivity index (χ0n) is 15.5. The van der Waals surface area contributed by atoms with Crippen molar-refractivity contribution in [2.45, 2.75) is 48.8 Å². The second-order valence-electron chi connectivity index (χ2n) is 8.62. The molecule has 1 saturated carbocycles. The number of hydrogen-bond donors (Lipinski definition) is 1. The molecule has 2 aliphatic carbocycles. The van der Waals surface area contributed by atoms with Gasteiger partial charge in [-0.15, -0.1) is 0 Å². The first-order valence-electron chi connectivity index (χ1n) is 9.48. The third-order valence-electron chi connectivity index (χ3n) is 7.77. The van der Waals surface area contributed by atoms with Crippen LogP contribution in [0, 0.1) is 0 Å². The minimum absolute atomic E-state index is 0.137. The topological polar surface area (TPSA) is 55.8 Å². The second kappa shape index (κ2) is 4.90. The fourth-order valence-electron chi connectivity index (χ4n) is 6.73. The van der Waals surface area contributed by atoms with Crippen LogP contribution in [0.15, 0.2) is 24.8 Å². The smallest absolute Gasteiger partial charge is 0.174 e. The van der Waals surface area contributed by atoms with Gasteiger partial charge in [-0.2, -0.15) is 0 Å². The molecular formula is C21H26NO4+. The van der Waals surface area contributed by atoms with E-state index in [0.717, 1.165) is 36.0 Å². The van der Waals surface area contributed by atoms with Crippen molar-refractivity contribution in [3.63, 3.8) is 0 Å². The summed E-state index contributed by atoms with van der Waals surface area (Å²) in [7, 11) is 4.07. The fourth-order valence-corrected chi connectivity index (χ4v) is 6.73. The number of likely N-dealkylation sites (tertiary alicyclic amines) is 1. The zero-order chi connectivity index (χ0) is 18.3. The normalized spacial score (nSPS) is 42.2. The zero-order valence-corrected chi connectivity index (χ0v) is 15.5. The van der Waals surface area contributed by atoms with Crippen LogP contribution in [-0.2, 0) is 21.4 Å². The Morgan fingerprint density at radius 1 is 1.46 bits per heavy atom. The third-order valence-corrected chi connectivity index (χ3v) is 7.77. The number of phenolic OH excluding ortho intramolecular Hbond substituents is 1. The Morgan fingerprint density at radius 2 is 2.27 bits per heavy atom. The molecule has 4 aliphatic rings. The highest BCUT2D eigenvalue weighted by Gasteiger charge is 2.77. The number of piperidine rings is 1. The second-order valence-corrected chi connectivity index (χ2v) is 8.62. The van der Waals surface area contributed by atoms with Gasteiger partial charge in [0.2, 0.25) is 0 Å². The number of hydrogen-bond acceptors (Lipinski definition) is 4. The van der Waals surface area contributed by atoms with E-state index in [1.54, 1.807) is 13.2 Å². The van der Waals surface area contributed by atoms with Crippen molar-refractivity contribution in [3.8, 4) is 11.5 Å². The maximum atomic E-state index is 12.9. The summed E-state index contributed by atoms with van der Waals surface area (Å²) in [6.45, 7) is 5.81. The summed E-state index contributed by atoms with van der Waals surface area (Å²) < 4.78 is 13.4. The number of ether oxygens (including phenoxy) is 2. The van der Waals surface area contributed by atoms with Crippen LogP contribution in [0.25, 0.3) is 0 Å². The van der Waals surface area contributed by atoms with Crippen LogP contribution in [-0.4, -0.2) is 60.4 Å². The molecule has 2 aliphatic heterocycles. The van der Waals surface area contributed by atoms with Crippen molar-refractivity contribution in [3.05, 3.63) is 35.9 Å². The molecule has 1 aromatic rings. The maximum Gasteiger partial charge on any atom is 0.174 e. The summed E-state index contributed by atoms with van der Waals surface area (Å²) >= 11 is 0. The number of benzene rings is 1. The van der Waals surface area contributed by atoms with Crippen LogP contribution in [0.5, 0.6) is 11.5 Å². The first-order chi connectivity index (χ1) is 12.4. The Bertz CT molecular complexity index is 836. The summed E-state index contributed by atoms with van der Waals surface area (Å²) in [6, 6.07) is 3.96. The highest BCUT2D eigenvalue weighted by atomic mass is 16.5. The molecule has 5 atom stereocenters. The van der Waals surface area contributed by atoms with Gasteiger partial charge in [-0.1, -0.05) is 12.6 Å². The van der Waals surface area contributed by atoms with Gasteiger partial charge in [0.15, 0.2) is 23.4 Å². The molecule has 5 unspecified atom stereocenters. The Morgan fingerprint density at radius 3 is 3.00 bits per heavy atom. The number of rotatable bonds is 3. The fraction of sp³-hybridized carbons (Fsp3) is 0.571. The van der Waals surface area contributed by atoms with Gasteiger partial charge in [-0.3, -0.25) is 4.79 Å². The van der Waals surface area contributed by atoms with E-state index in [0.29, 0.717) is 18.6 Å². The van der Waals surface area contributed by atoms with Gasteiger partial charge in [0.1, 0.15) is 11.6 Å². The molecule has 5 nitrogen and oxygen atoms in total. The molecule has 1 aromatic carbocycles. The van der Waals surface area contributed by atoms with Crippen LogP contribution in [0.1, 0.15) is 30.4 Å². The first kappa shape index (κ1) is 16.3. The van der Waals surface area contributed by atoms with E-state index >= 15 is 0 Å². The summed E-state index contributed by atoms with van der Waals surface area (Å²) in [5.74, 6) is 0.792. The molecule has 0 aromatic heterocycles. The van der Waals surface area contributed by atoms with Crippen molar-refractivity contribution in [1.82, 2.24) is 0 Å². The Labute approximate surface area is 153 Å². The lowest BCUT2D eigenvalue weighted by Gasteiger charge is -2.65. The van der Waals surface area contributed by atoms with E-state index in [1.165, 1.54) is 5.56 Å². The number of nitrogens with zero attached hydrogens (tertiary/aromatic N) is 1. The highest BCUT2D eigenvalue weighted by molar-refractivity contribution is 5.90. The molecule has 1 saturated heterocycles. The van der Waals surface area contributed by atoms with Crippen molar-refractivity contribution in [1.29, 1.82) is 0 Å². The number of carbonyl (C=O) groups is 1. The van der Waals surface area contributed by atoms with Crippen LogP contribution < -0.4 is 4.74 Å². The van der Waals surface area contributed by atoms with Crippen molar-refractivity contribution < 1.29 is 23.9 Å². The Hall–Kier alpha value is -1.85. The summed E-state index contributed by atoms with van der Waals surface area (Å²) in [5.41, 5.74) is 1.30. The summed E-state index contributed by atoms with van der Waals surface area (Å²) in [5, 5.41) is 10.4. The van der Waals surface area contributed by atoms with Gasteiger partial charge in [0, 0.05) is 31.9 Å². The number of phenols is 1. The number of methoxy groups -OCH3 is 1. The van der Waals surface area contributed by atoms with Gasteiger partial charge in [-0.05, 0) is 24.1 Å². The molecule has 2 bridgehead atoms. The van der Waals surface area contributed by atoms with E-state index in [9.17, 15) is 9.90 Å². The monoisotopic (exact) mass is 356 g/mol. The number of Topliss-reactive ketones (excluding diaryl/α,β-unsaturated/α-hetero) is 1. The molecule has 1 N–H and O–H groups in total. The molecule has 5 rings (SSSR count). The molecule has 26 heavy (non-hydrogen) atoms. The molecule has 2 fully saturated rings. The van der Waals surface area contributed by atoms with E-state index in [2.05, 4.69) is 13.6 Å². The van der Waals surface area contributed by atoms with Crippen molar-refractivity contribution in [2.24, 2.45) is 0 Å². The van der Waals surface area contributed by atoms with Gasteiger partial charge >= 0.3 is 0 Å². The van der Waals surface area contributed by atoms with E-state index in [-0.39, 0.29) is 17.6 Å². The van der Waals surface area contributed by atoms with E-state index < -0.39 is 17.1 Å². The summed E-state index contributed by atoms with van der Waals surface area (Å²) in [4.78, 5) is 12.9. The van der Waals surface area contributed by atoms with Gasteiger partial charge in [0.25, 0.3) is 0 Å². The average molecular weight is 356 g/mol. The molecular weight excluding hydrogens is 330 g/mol. The molecule has 138 valence electrons. The maximum absolute atomic E-state index is 12.9. The Balaban J connectivity index is 1.84. The van der Waals surface area contributed by atoms with Gasteiger partial charge in [0.05, 0.1) is 25.6 Å². The Kier molecular flexibility index (Phi) is 3.08. The van der Waals surface area contributed by atoms with Crippen LogP contribution in [0.4, 0.5) is 0 Å². The minimum Gasteiger partial charge on any atom is -0.504 e. The lowest BCUT2D eigenvalue weighted by molar-refractivity contribution is -0.944. The van der Waals surface area contributed by atoms with Crippen molar-refractivity contribution in [2.75, 3.05) is 27.2 Å². The molecule has 5 heteroatoms. The summed E-state index contributed by atoms with van der Waals surface area (Å²) in [6.07, 6.45) is 4.32. The quantitative estimate of drug-likeness (QED) is 0.666. The van der Waals surface area contributed by atoms with E-state index in [4.69, 9.17) is 9.47 Å². The van der Waals surface area contributed by atoms with E-state index in [1.807, 2.05) is 12.1 Å². The molecule has 0 radical (unpaired) electrons. The lowest BCUT2D eigenvalue weighted by atomic mass is 9.48. The lowest BCUT2D eigenvalue weighted by Crippen LogP contribution is -2.81. The SMILES string of the molecule is C=CC[N+]1(C)CCC23c4c5ccc(O)c4OC2C(=O)CCC3(OC)C1C5. The van der Waals surface area contributed by atoms with Crippen molar-refractivity contribution >= 4 is 5.78 Å². The number of carbonyl (C=O) groups excluding carboxylic acids is 1. The van der Waals surface area contributed by atoms with Crippen LogP contribution in [0.3, 0.4) is 0 Å². The van der Waals surface area contributed by atoms with Crippen LogP contribution in [0.2, 0.25) is 0 Å². The van der Waals surface area contributed by atoms with Gasteiger partial charge < -0.3 is 19.1 Å². The standard InChI is InChI=1S/C21H25NO4/c1-4-10-22(2)11-9-20-17-13-5-6-14(23)18(17)26-19(20)15(24)7-8-21(20,25-3)16(22)12-13/h4-6,16,19H,1,7-12H2,2-3H3/p+1. The molecule has 1 spiro atoms.